The van der Waals surface area contributed by atoms with E-state index in [-0.39, 0.29) is 5.69 Å². The number of carbonyl (C=O) groups is 1. The minimum absolute atomic E-state index is 0.107. The molecule has 0 spiro atoms. The Balaban J connectivity index is 2.23. The lowest BCUT2D eigenvalue weighted by atomic mass is 10.1. The van der Waals surface area contributed by atoms with E-state index in [0.717, 1.165) is 11.3 Å². The summed E-state index contributed by atoms with van der Waals surface area (Å²) in [6, 6.07) is 8.81. The summed E-state index contributed by atoms with van der Waals surface area (Å²) < 4.78 is 10.3. The molecule has 17 heavy (non-hydrogen) atoms. The zero-order chi connectivity index (χ0) is 12.3. The zero-order valence-electron chi connectivity index (χ0n) is 9.14. The molecule has 0 saturated carbocycles. The second kappa shape index (κ2) is 5.01. The van der Waals surface area contributed by atoms with Crippen LogP contribution in [0.4, 0.5) is 0 Å². The lowest BCUT2D eigenvalue weighted by Crippen LogP contribution is -1.90. The van der Waals surface area contributed by atoms with E-state index in [1.807, 2.05) is 31.2 Å². The molecule has 0 atom stereocenters. The van der Waals surface area contributed by atoms with Crippen LogP contribution in [0.15, 0.2) is 34.9 Å². The fourth-order valence-electron chi connectivity index (χ4n) is 1.39. The van der Waals surface area contributed by atoms with E-state index in [4.69, 9.17) is 20.9 Å². The van der Waals surface area contributed by atoms with Crippen molar-refractivity contribution in [1.82, 2.24) is 5.16 Å². The van der Waals surface area contributed by atoms with Gasteiger partial charge in [0.1, 0.15) is 5.75 Å². The van der Waals surface area contributed by atoms with Crippen molar-refractivity contribution < 1.29 is 14.1 Å². The van der Waals surface area contributed by atoms with E-state index in [0.29, 0.717) is 12.4 Å². The van der Waals surface area contributed by atoms with Gasteiger partial charge in [-0.2, -0.15) is 0 Å². The molecular formula is C12H10ClNO3. The third kappa shape index (κ3) is 2.65. The Bertz CT molecular complexity index is 519. The fraction of sp³-hybridized carbons (Fsp3) is 0.167. The Morgan fingerprint density at radius 3 is 2.65 bits per heavy atom. The van der Waals surface area contributed by atoms with Gasteiger partial charge in [0, 0.05) is 11.6 Å². The lowest BCUT2D eigenvalue weighted by Gasteiger charge is -2.02. The molecule has 0 aliphatic rings. The van der Waals surface area contributed by atoms with E-state index in [2.05, 4.69) is 5.16 Å². The standard InChI is InChI=1S/C12H10ClNO3/c1-2-16-9-5-3-8(4-6-9)11-7-10(12(13)15)14-17-11/h3-7H,2H2,1H3. The Labute approximate surface area is 103 Å². The van der Waals surface area contributed by atoms with Crippen LogP contribution in [0, 0.1) is 0 Å². The smallest absolute Gasteiger partial charge is 0.274 e. The molecule has 0 radical (unpaired) electrons. The number of benzene rings is 1. The lowest BCUT2D eigenvalue weighted by molar-refractivity contribution is 0.107. The third-order valence-corrected chi connectivity index (χ3v) is 2.35. The summed E-state index contributed by atoms with van der Waals surface area (Å²) in [4.78, 5) is 10.9. The largest absolute Gasteiger partial charge is 0.494 e. The van der Waals surface area contributed by atoms with Crippen molar-refractivity contribution >= 4 is 16.8 Å². The summed E-state index contributed by atoms with van der Waals surface area (Å²) in [5.74, 6) is 1.28. The molecule has 2 aromatic rings. The predicted molar refractivity (Wildman–Crippen MR) is 63.3 cm³/mol. The van der Waals surface area contributed by atoms with Crippen LogP contribution in [-0.2, 0) is 0 Å². The van der Waals surface area contributed by atoms with Gasteiger partial charge in [-0.05, 0) is 42.8 Å². The van der Waals surface area contributed by atoms with Gasteiger partial charge in [-0.1, -0.05) is 5.16 Å². The number of hydrogen-bond acceptors (Lipinski definition) is 4. The van der Waals surface area contributed by atoms with Crippen molar-refractivity contribution in [3.8, 4) is 17.1 Å². The van der Waals surface area contributed by atoms with Crippen LogP contribution in [0.1, 0.15) is 17.4 Å². The van der Waals surface area contributed by atoms with E-state index in [1.54, 1.807) is 0 Å². The quantitative estimate of drug-likeness (QED) is 0.784. The first-order valence-electron chi connectivity index (χ1n) is 5.10. The first-order valence-corrected chi connectivity index (χ1v) is 5.48. The Hall–Kier alpha value is -1.81. The second-order valence-electron chi connectivity index (χ2n) is 3.31. The summed E-state index contributed by atoms with van der Waals surface area (Å²) in [7, 11) is 0. The van der Waals surface area contributed by atoms with Crippen LogP contribution in [0.2, 0.25) is 0 Å². The van der Waals surface area contributed by atoms with Crippen molar-refractivity contribution in [3.63, 3.8) is 0 Å². The number of aromatic nitrogens is 1. The molecule has 88 valence electrons. The number of carbonyl (C=O) groups excluding carboxylic acids is 1. The molecule has 0 unspecified atom stereocenters. The van der Waals surface area contributed by atoms with Gasteiger partial charge in [-0.15, -0.1) is 0 Å². The molecule has 0 amide bonds. The summed E-state index contributed by atoms with van der Waals surface area (Å²) in [5, 5.41) is 2.93. The average molecular weight is 252 g/mol. The third-order valence-electron chi connectivity index (χ3n) is 2.16. The van der Waals surface area contributed by atoms with Gasteiger partial charge in [0.05, 0.1) is 6.61 Å². The van der Waals surface area contributed by atoms with Gasteiger partial charge in [-0.25, -0.2) is 0 Å². The highest BCUT2D eigenvalue weighted by Crippen LogP contribution is 2.23. The molecule has 0 fully saturated rings. The van der Waals surface area contributed by atoms with Crippen LogP contribution in [0.25, 0.3) is 11.3 Å². The van der Waals surface area contributed by atoms with Gasteiger partial charge in [0.15, 0.2) is 11.5 Å². The monoisotopic (exact) mass is 251 g/mol. The number of nitrogens with zero attached hydrogens (tertiary/aromatic N) is 1. The fourth-order valence-corrected chi connectivity index (χ4v) is 1.48. The number of ether oxygens (including phenoxy) is 1. The Morgan fingerprint density at radius 2 is 2.12 bits per heavy atom. The van der Waals surface area contributed by atoms with Gasteiger partial charge >= 0.3 is 0 Å². The minimum Gasteiger partial charge on any atom is -0.494 e. The van der Waals surface area contributed by atoms with Crippen LogP contribution < -0.4 is 4.74 Å². The van der Waals surface area contributed by atoms with Gasteiger partial charge in [0.2, 0.25) is 0 Å². The first-order chi connectivity index (χ1) is 8.20. The van der Waals surface area contributed by atoms with Crippen LogP contribution in [0.5, 0.6) is 5.75 Å². The van der Waals surface area contributed by atoms with Gasteiger partial charge in [-0.3, -0.25) is 4.79 Å². The highest BCUT2D eigenvalue weighted by molar-refractivity contribution is 6.67. The second-order valence-corrected chi connectivity index (χ2v) is 3.65. The van der Waals surface area contributed by atoms with E-state index in [9.17, 15) is 4.79 Å². The molecule has 0 N–H and O–H groups in total. The molecule has 0 aliphatic carbocycles. The minimum atomic E-state index is -0.633. The molecule has 4 nitrogen and oxygen atoms in total. The van der Waals surface area contributed by atoms with Crippen molar-refractivity contribution in [2.75, 3.05) is 6.61 Å². The van der Waals surface area contributed by atoms with Crippen LogP contribution in [0.3, 0.4) is 0 Å². The molecule has 2 rings (SSSR count). The normalized spacial score (nSPS) is 10.2. The maximum absolute atomic E-state index is 10.9. The molecular weight excluding hydrogens is 242 g/mol. The first kappa shape index (κ1) is 11.7. The van der Waals surface area contributed by atoms with Crippen molar-refractivity contribution in [2.45, 2.75) is 6.92 Å². The van der Waals surface area contributed by atoms with Crippen LogP contribution in [-0.4, -0.2) is 17.0 Å². The number of hydrogen-bond donors (Lipinski definition) is 0. The van der Waals surface area contributed by atoms with Crippen LogP contribution >= 0.6 is 11.6 Å². The molecule has 0 aliphatic heterocycles. The average Bonchev–Trinajstić information content (AvgIpc) is 2.80. The summed E-state index contributed by atoms with van der Waals surface area (Å²) in [6.07, 6.45) is 0. The highest BCUT2D eigenvalue weighted by Gasteiger charge is 2.11. The summed E-state index contributed by atoms with van der Waals surface area (Å²) >= 11 is 5.29. The summed E-state index contributed by atoms with van der Waals surface area (Å²) in [6.45, 7) is 2.54. The topological polar surface area (TPSA) is 52.3 Å². The maximum Gasteiger partial charge on any atom is 0.274 e. The van der Waals surface area contributed by atoms with Gasteiger partial charge < -0.3 is 9.26 Å². The number of rotatable bonds is 4. The summed E-state index contributed by atoms with van der Waals surface area (Å²) in [5.41, 5.74) is 0.917. The van der Waals surface area contributed by atoms with Crippen molar-refractivity contribution in [3.05, 3.63) is 36.0 Å². The molecule has 0 bridgehead atoms. The molecule has 1 aromatic heterocycles. The molecule has 5 heteroatoms. The predicted octanol–water partition coefficient (Wildman–Crippen LogP) is 3.12. The van der Waals surface area contributed by atoms with Crippen molar-refractivity contribution in [2.24, 2.45) is 0 Å². The molecule has 1 heterocycles. The van der Waals surface area contributed by atoms with Crippen molar-refractivity contribution in [1.29, 1.82) is 0 Å². The van der Waals surface area contributed by atoms with E-state index >= 15 is 0 Å². The zero-order valence-corrected chi connectivity index (χ0v) is 9.90. The number of halogens is 1. The Kier molecular flexibility index (Phi) is 3.44. The highest BCUT2D eigenvalue weighted by atomic mass is 35.5. The van der Waals surface area contributed by atoms with E-state index < -0.39 is 5.24 Å². The maximum atomic E-state index is 10.9. The van der Waals surface area contributed by atoms with E-state index in [1.165, 1.54) is 6.07 Å². The molecule has 1 aromatic carbocycles. The Morgan fingerprint density at radius 1 is 1.41 bits per heavy atom. The SMILES string of the molecule is CCOc1ccc(-c2cc(C(=O)Cl)no2)cc1. The van der Waals surface area contributed by atoms with Gasteiger partial charge in [0.25, 0.3) is 5.24 Å². The molecule has 0 saturated heterocycles.